The number of sulfonamides is 1. The summed E-state index contributed by atoms with van der Waals surface area (Å²) in [7, 11) is -2.23. The molecule has 6 nitrogen and oxygen atoms in total. The number of aromatic hydroxyl groups is 1. The van der Waals surface area contributed by atoms with E-state index in [0.29, 0.717) is 22.6 Å². The zero-order chi connectivity index (χ0) is 22.9. The van der Waals surface area contributed by atoms with Crippen molar-refractivity contribution in [2.45, 2.75) is 30.2 Å². The highest BCUT2D eigenvalue weighted by atomic mass is 32.2. The van der Waals surface area contributed by atoms with Crippen LogP contribution in [0, 0.1) is 5.82 Å². The zero-order valence-electron chi connectivity index (χ0n) is 17.4. The van der Waals surface area contributed by atoms with Crippen LogP contribution < -0.4 is 9.04 Å². The maximum Gasteiger partial charge on any atom is 0.241 e. The molecule has 2 N–H and O–H groups in total. The minimum Gasteiger partial charge on any atom is -0.507 e. The number of nitrogens with zero attached hydrogens (tertiary/aromatic N) is 1. The molecule has 0 amide bonds. The van der Waals surface area contributed by atoms with Crippen LogP contribution in [0.4, 0.5) is 10.1 Å². The summed E-state index contributed by atoms with van der Waals surface area (Å²) in [4.78, 5) is 0. The van der Waals surface area contributed by atoms with Gasteiger partial charge < -0.3 is 14.9 Å². The van der Waals surface area contributed by atoms with Gasteiger partial charge in [-0.3, -0.25) is 4.31 Å². The van der Waals surface area contributed by atoms with Gasteiger partial charge in [0.05, 0.1) is 24.9 Å². The number of hydrogen-bond acceptors (Lipinski definition) is 5. The van der Waals surface area contributed by atoms with E-state index in [4.69, 9.17) is 4.74 Å². The second-order valence-electron chi connectivity index (χ2n) is 7.73. The highest BCUT2D eigenvalue weighted by molar-refractivity contribution is 7.95. The van der Waals surface area contributed by atoms with Crippen LogP contribution in [0.1, 0.15) is 36.1 Å². The molecule has 168 valence electrons. The highest BCUT2D eigenvalue weighted by Crippen LogP contribution is 2.50. The molecule has 1 heterocycles. The standard InChI is InChI=1S/C24H24FNO5S/c1-31-19-11-12-20(22(28)15-19)24-23(14-13-21(27)16-7-9-17(25)10-8-16)32(29,30)26(24)18-5-3-2-4-6-18/h2-12,15,21,23-24,27-28H,13-14H2,1H3/t21-,23+,24+/m0/s1. The van der Waals surface area contributed by atoms with Gasteiger partial charge in [-0.1, -0.05) is 30.3 Å². The summed E-state index contributed by atoms with van der Waals surface area (Å²) in [6, 6.07) is 18.3. The van der Waals surface area contributed by atoms with Gasteiger partial charge in [-0.2, -0.15) is 0 Å². The van der Waals surface area contributed by atoms with Crippen LogP contribution in [0.2, 0.25) is 0 Å². The number of ether oxygens (including phenoxy) is 1. The van der Waals surface area contributed by atoms with Crippen molar-refractivity contribution in [1.29, 1.82) is 0 Å². The Balaban J connectivity index is 1.64. The molecule has 1 saturated heterocycles. The predicted molar refractivity (Wildman–Crippen MR) is 120 cm³/mol. The minimum absolute atomic E-state index is 0.0609. The van der Waals surface area contributed by atoms with Gasteiger partial charge in [0.2, 0.25) is 10.0 Å². The number of anilines is 1. The molecular formula is C24H24FNO5S. The highest BCUT2D eigenvalue weighted by Gasteiger charge is 2.54. The summed E-state index contributed by atoms with van der Waals surface area (Å²) in [6.07, 6.45) is -0.590. The molecule has 1 fully saturated rings. The molecule has 4 rings (SSSR count). The average Bonchev–Trinajstić information content (AvgIpc) is 2.78. The first kappa shape index (κ1) is 22.1. The average molecular weight is 458 g/mol. The summed E-state index contributed by atoms with van der Waals surface area (Å²) < 4.78 is 46.1. The summed E-state index contributed by atoms with van der Waals surface area (Å²) in [6.45, 7) is 0. The Hall–Kier alpha value is -3.10. The number of hydrogen-bond donors (Lipinski definition) is 2. The van der Waals surface area contributed by atoms with Crippen molar-refractivity contribution in [3.05, 3.63) is 89.7 Å². The molecule has 0 radical (unpaired) electrons. The van der Waals surface area contributed by atoms with Crippen LogP contribution in [-0.2, 0) is 10.0 Å². The van der Waals surface area contributed by atoms with Crippen LogP contribution in [0.15, 0.2) is 72.8 Å². The van der Waals surface area contributed by atoms with Crippen LogP contribution in [0.3, 0.4) is 0 Å². The molecule has 0 bridgehead atoms. The Morgan fingerprint density at radius 2 is 1.75 bits per heavy atom. The van der Waals surface area contributed by atoms with E-state index in [1.54, 1.807) is 42.5 Å². The Kier molecular flexibility index (Phi) is 6.08. The SMILES string of the molecule is COc1ccc([C@@H]2[C@@H](CC[C@H](O)c3ccc(F)cc3)S(=O)(=O)N2c2ccccc2)c(O)c1. The maximum atomic E-state index is 13.2. The second-order valence-corrected chi connectivity index (χ2v) is 9.76. The monoisotopic (exact) mass is 457 g/mol. The summed E-state index contributed by atoms with van der Waals surface area (Å²) >= 11 is 0. The molecule has 1 aliphatic heterocycles. The van der Waals surface area contributed by atoms with Gasteiger partial charge in [0, 0.05) is 11.6 Å². The topological polar surface area (TPSA) is 87.1 Å². The van der Waals surface area contributed by atoms with Crippen molar-refractivity contribution in [3.63, 3.8) is 0 Å². The van der Waals surface area contributed by atoms with E-state index < -0.39 is 33.2 Å². The molecule has 3 aromatic carbocycles. The fourth-order valence-corrected chi connectivity index (χ4v) is 6.26. The maximum absolute atomic E-state index is 13.2. The smallest absolute Gasteiger partial charge is 0.241 e. The van der Waals surface area contributed by atoms with Crippen molar-refractivity contribution in [2.75, 3.05) is 11.4 Å². The quantitative estimate of drug-likeness (QED) is 0.552. The minimum atomic E-state index is -3.71. The first-order chi connectivity index (χ1) is 15.3. The van der Waals surface area contributed by atoms with Gasteiger partial charge in [0.25, 0.3) is 0 Å². The number of halogens is 1. The number of rotatable bonds is 7. The lowest BCUT2D eigenvalue weighted by molar-refractivity contribution is 0.162. The first-order valence-electron chi connectivity index (χ1n) is 10.2. The van der Waals surface area contributed by atoms with Crippen molar-refractivity contribution >= 4 is 15.7 Å². The lowest BCUT2D eigenvalue weighted by Gasteiger charge is -2.48. The van der Waals surface area contributed by atoms with Gasteiger partial charge in [-0.15, -0.1) is 0 Å². The second kappa shape index (κ2) is 8.80. The molecule has 0 unspecified atom stereocenters. The third kappa shape index (κ3) is 4.03. The van der Waals surface area contributed by atoms with Crippen LogP contribution in [-0.4, -0.2) is 31.0 Å². The van der Waals surface area contributed by atoms with E-state index in [2.05, 4.69) is 0 Å². The van der Waals surface area contributed by atoms with Gasteiger partial charge in [0.1, 0.15) is 22.6 Å². The van der Waals surface area contributed by atoms with E-state index in [9.17, 15) is 23.0 Å². The van der Waals surface area contributed by atoms with E-state index >= 15 is 0 Å². The van der Waals surface area contributed by atoms with Gasteiger partial charge in [-0.25, -0.2) is 12.8 Å². The Labute approximate surface area is 186 Å². The lowest BCUT2D eigenvalue weighted by atomic mass is 9.95. The largest absolute Gasteiger partial charge is 0.507 e. The summed E-state index contributed by atoms with van der Waals surface area (Å²) in [5.41, 5.74) is 1.49. The number of para-hydroxylation sites is 1. The molecule has 3 atom stereocenters. The molecule has 0 aromatic heterocycles. The third-order valence-electron chi connectivity index (χ3n) is 5.81. The number of aliphatic hydroxyl groups is 1. The number of aliphatic hydroxyl groups excluding tert-OH is 1. The fraction of sp³-hybridized carbons (Fsp3) is 0.250. The normalized spacial score (nSPS) is 20.4. The summed E-state index contributed by atoms with van der Waals surface area (Å²) in [5.74, 6) is -0.00620. The van der Waals surface area contributed by atoms with Gasteiger partial charge in [-0.05, 0) is 54.8 Å². The van der Waals surface area contributed by atoms with E-state index in [1.165, 1.54) is 41.7 Å². The Morgan fingerprint density at radius 3 is 2.38 bits per heavy atom. The van der Waals surface area contributed by atoms with E-state index in [1.807, 2.05) is 0 Å². The van der Waals surface area contributed by atoms with E-state index in [0.717, 1.165) is 0 Å². The number of methoxy groups -OCH3 is 1. The molecule has 0 spiro atoms. The molecule has 32 heavy (non-hydrogen) atoms. The van der Waals surface area contributed by atoms with Crippen LogP contribution >= 0.6 is 0 Å². The van der Waals surface area contributed by atoms with Gasteiger partial charge in [0.15, 0.2) is 0 Å². The van der Waals surface area contributed by atoms with Crippen molar-refractivity contribution in [2.24, 2.45) is 0 Å². The number of phenols is 1. The number of benzene rings is 3. The van der Waals surface area contributed by atoms with Crippen LogP contribution in [0.25, 0.3) is 0 Å². The molecule has 1 aliphatic rings. The van der Waals surface area contributed by atoms with E-state index in [-0.39, 0.29) is 18.6 Å². The summed E-state index contributed by atoms with van der Waals surface area (Å²) in [5, 5.41) is 20.3. The molecule has 0 saturated carbocycles. The Bertz CT molecular complexity index is 1180. The van der Waals surface area contributed by atoms with Crippen LogP contribution in [0.5, 0.6) is 11.5 Å². The molecular weight excluding hydrogens is 433 g/mol. The fourth-order valence-electron chi connectivity index (χ4n) is 4.15. The van der Waals surface area contributed by atoms with Crippen molar-refractivity contribution in [1.82, 2.24) is 0 Å². The number of phenolic OH excluding ortho intramolecular Hbond substituents is 1. The van der Waals surface area contributed by atoms with Crippen molar-refractivity contribution < 1.29 is 27.8 Å². The molecule has 8 heteroatoms. The Morgan fingerprint density at radius 1 is 1.06 bits per heavy atom. The predicted octanol–water partition coefficient (Wildman–Crippen LogP) is 4.31. The lowest BCUT2D eigenvalue weighted by Crippen LogP contribution is -2.58. The molecule has 0 aliphatic carbocycles. The first-order valence-corrected chi connectivity index (χ1v) is 11.7. The van der Waals surface area contributed by atoms with Gasteiger partial charge >= 0.3 is 0 Å². The van der Waals surface area contributed by atoms with Crippen molar-refractivity contribution in [3.8, 4) is 11.5 Å². The zero-order valence-corrected chi connectivity index (χ0v) is 18.2. The molecule has 3 aromatic rings. The third-order valence-corrected chi connectivity index (χ3v) is 8.05.